The molecule has 1 fully saturated rings. The maximum absolute atomic E-state index is 12.2. The van der Waals surface area contributed by atoms with E-state index in [4.69, 9.17) is 27.9 Å². The van der Waals surface area contributed by atoms with Crippen LogP contribution in [0.2, 0.25) is 10.0 Å². The van der Waals surface area contributed by atoms with Crippen molar-refractivity contribution >= 4 is 29.1 Å². The molecule has 0 bridgehead atoms. The van der Waals surface area contributed by atoms with Crippen LogP contribution in [0, 0.1) is 0 Å². The summed E-state index contributed by atoms with van der Waals surface area (Å²) in [6, 6.07) is 4.89. The number of nitrogens with one attached hydrogen (secondary N) is 1. The van der Waals surface area contributed by atoms with Gasteiger partial charge < -0.3 is 10.1 Å². The molecular weight excluding hydrogens is 311 g/mol. The Morgan fingerprint density at radius 3 is 2.57 bits per heavy atom. The number of morpholine rings is 1. The highest BCUT2D eigenvalue weighted by Gasteiger charge is 2.28. The van der Waals surface area contributed by atoms with Crippen molar-refractivity contribution in [2.75, 3.05) is 32.8 Å². The zero-order valence-corrected chi connectivity index (χ0v) is 13.8. The SMILES string of the molecule is CC(C)(CNC(=O)c1ccc(Cl)c(Cl)c1)N1CCOCC1. The van der Waals surface area contributed by atoms with Gasteiger partial charge in [-0.3, -0.25) is 9.69 Å². The van der Waals surface area contributed by atoms with Gasteiger partial charge in [-0.05, 0) is 32.0 Å². The molecule has 1 N–H and O–H groups in total. The fraction of sp³-hybridized carbons (Fsp3) is 0.533. The van der Waals surface area contributed by atoms with Crippen LogP contribution < -0.4 is 5.32 Å². The van der Waals surface area contributed by atoms with Crippen molar-refractivity contribution in [1.82, 2.24) is 10.2 Å². The molecular formula is C15H20Cl2N2O2. The van der Waals surface area contributed by atoms with Crippen molar-refractivity contribution in [3.05, 3.63) is 33.8 Å². The van der Waals surface area contributed by atoms with Crippen LogP contribution in [-0.4, -0.2) is 49.2 Å². The fourth-order valence-corrected chi connectivity index (χ4v) is 2.61. The van der Waals surface area contributed by atoms with Crippen molar-refractivity contribution < 1.29 is 9.53 Å². The standard InChI is InChI=1S/C15H20Cl2N2O2/c1-15(2,19-5-7-21-8-6-19)10-18-14(20)11-3-4-12(16)13(17)9-11/h3-4,9H,5-8,10H2,1-2H3,(H,18,20). The molecule has 0 radical (unpaired) electrons. The first-order valence-electron chi connectivity index (χ1n) is 6.96. The number of carbonyl (C=O) groups is 1. The Labute approximate surface area is 135 Å². The fourth-order valence-electron chi connectivity index (χ4n) is 2.32. The summed E-state index contributed by atoms with van der Waals surface area (Å²) >= 11 is 11.8. The molecule has 0 unspecified atom stereocenters. The number of benzene rings is 1. The highest BCUT2D eigenvalue weighted by atomic mass is 35.5. The molecule has 1 aromatic rings. The first-order valence-corrected chi connectivity index (χ1v) is 7.72. The molecule has 2 rings (SSSR count). The van der Waals surface area contributed by atoms with Crippen molar-refractivity contribution in [3.63, 3.8) is 0 Å². The van der Waals surface area contributed by atoms with E-state index in [1.165, 1.54) is 0 Å². The summed E-state index contributed by atoms with van der Waals surface area (Å²) < 4.78 is 5.36. The summed E-state index contributed by atoms with van der Waals surface area (Å²) in [7, 11) is 0. The third-order valence-electron chi connectivity index (χ3n) is 3.73. The molecule has 0 aliphatic carbocycles. The lowest BCUT2D eigenvalue weighted by Gasteiger charge is -2.40. The molecule has 21 heavy (non-hydrogen) atoms. The zero-order chi connectivity index (χ0) is 15.5. The Morgan fingerprint density at radius 1 is 1.29 bits per heavy atom. The number of halogens is 2. The molecule has 0 aromatic heterocycles. The number of ether oxygens (including phenoxy) is 1. The van der Waals surface area contributed by atoms with E-state index in [1.807, 2.05) is 0 Å². The van der Waals surface area contributed by atoms with Crippen molar-refractivity contribution in [1.29, 1.82) is 0 Å². The van der Waals surface area contributed by atoms with E-state index in [1.54, 1.807) is 18.2 Å². The number of nitrogens with zero attached hydrogens (tertiary/aromatic N) is 1. The summed E-state index contributed by atoms with van der Waals surface area (Å²) in [4.78, 5) is 14.5. The van der Waals surface area contributed by atoms with Crippen molar-refractivity contribution in [2.24, 2.45) is 0 Å². The van der Waals surface area contributed by atoms with Crippen LogP contribution in [0.5, 0.6) is 0 Å². The van der Waals surface area contributed by atoms with Crippen LogP contribution >= 0.6 is 23.2 Å². The normalized spacial score (nSPS) is 16.8. The highest BCUT2D eigenvalue weighted by Crippen LogP contribution is 2.22. The Kier molecular flexibility index (Phi) is 5.49. The lowest BCUT2D eigenvalue weighted by atomic mass is 10.0. The predicted octanol–water partition coefficient (Wildman–Crippen LogP) is 2.83. The molecule has 1 aliphatic heterocycles. The van der Waals surface area contributed by atoms with Crippen LogP contribution in [0.3, 0.4) is 0 Å². The van der Waals surface area contributed by atoms with Gasteiger partial charge in [-0.1, -0.05) is 23.2 Å². The van der Waals surface area contributed by atoms with E-state index in [9.17, 15) is 4.79 Å². The van der Waals surface area contributed by atoms with E-state index in [0.717, 1.165) is 26.3 Å². The Hall–Kier alpha value is -0.810. The van der Waals surface area contributed by atoms with E-state index in [0.29, 0.717) is 22.2 Å². The quantitative estimate of drug-likeness (QED) is 0.922. The monoisotopic (exact) mass is 330 g/mol. The first kappa shape index (κ1) is 16.6. The molecule has 4 nitrogen and oxygen atoms in total. The largest absolute Gasteiger partial charge is 0.379 e. The number of carbonyl (C=O) groups excluding carboxylic acids is 1. The van der Waals surface area contributed by atoms with Gasteiger partial charge in [-0.2, -0.15) is 0 Å². The average molecular weight is 331 g/mol. The topological polar surface area (TPSA) is 41.6 Å². The minimum atomic E-state index is -0.144. The molecule has 1 amide bonds. The number of rotatable bonds is 4. The number of hydrogen-bond acceptors (Lipinski definition) is 3. The second kappa shape index (κ2) is 6.97. The Morgan fingerprint density at radius 2 is 1.95 bits per heavy atom. The lowest BCUT2D eigenvalue weighted by Crippen LogP contribution is -2.55. The van der Waals surface area contributed by atoms with Gasteiger partial charge in [0.2, 0.25) is 0 Å². The second-order valence-corrected chi connectivity index (χ2v) is 6.54. The van der Waals surface area contributed by atoms with E-state index in [2.05, 4.69) is 24.1 Å². The highest BCUT2D eigenvalue weighted by molar-refractivity contribution is 6.42. The van der Waals surface area contributed by atoms with E-state index >= 15 is 0 Å². The van der Waals surface area contributed by atoms with Gasteiger partial charge in [0.15, 0.2) is 0 Å². The summed E-state index contributed by atoms with van der Waals surface area (Å²) in [5.41, 5.74) is 0.400. The summed E-state index contributed by atoms with van der Waals surface area (Å²) in [6.45, 7) is 8.05. The molecule has 1 aromatic carbocycles. The summed E-state index contributed by atoms with van der Waals surface area (Å²) in [5.74, 6) is -0.144. The van der Waals surface area contributed by atoms with Crippen LogP contribution in [-0.2, 0) is 4.74 Å². The van der Waals surface area contributed by atoms with E-state index < -0.39 is 0 Å². The maximum Gasteiger partial charge on any atom is 0.251 e. The van der Waals surface area contributed by atoms with E-state index in [-0.39, 0.29) is 11.4 Å². The van der Waals surface area contributed by atoms with Crippen molar-refractivity contribution in [2.45, 2.75) is 19.4 Å². The third-order valence-corrected chi connectivity index (χ3v) is 4.47. The summed E-state index contributed by atoms with van der Waals surface area (Å²) in [6.07, 6.45) is 0. The molecule has 0 atom stereocenters. The molecule has 1 heterocycles. The van der Waals surface area contributed by atoms with Gasteiger partial charge in [0.25, 0.3) is 5.91 Å². The molecule has 6 heteroatoms. The van der Waals surface area contributed by atoms with Crippen LogP contribution in [0.25, 0.3) is 0 Å². The van der Waals surface area contributed by atoms with Gasteiger partial charge in [0, 0.05) is 30.7 Å². The molecule has 0 saturated carbocycles. The molecule has 1 aliphatic rings. The summed E-state index contributed by atoms with van der Waals surface area (Å²) in [5, 5.41) is 3.79. The number of hydrogen-bond donors (Lipinski definition) is 1. The smallest absolute Gasteiger partial charge is 0.251 e. The molecule has 0 spiro atoms. The number of amides is 1. The third kappa shape index (κ3) is 4.33. The molecule has 116 valence electrons. The van der Waals surface area contributed by atoms with Gasteiger partial charge in [-0.15, -0.1) is 0 Å². The van der Waals surface area contributed by atoms with Gasteiger partial charge in [-0.25, -0.2) is 0 Å². The first-order chi connectivity index (χ1) is 9.90. The minimum Gasteiger partial charge on any atom is -0.379 e. The Balaban J connectivity index is 1.94. The van der Waals surface area contributed by atoms with Crippen LogP contribution in [0.15, 0.2) is 18.2 Å². The minimum absolute atomic E-state index is 0.115. The van der Waals surface area contributed by atoms with Gasteiger partial charge in [0.1, 0.15) is 0 Å². The predicted molar refractivity (Wildman–Crippen MR) is 85.3 cm³/mol. The van der Waals surface area contributed by atoms with Gasteiger partial charge in [0.05, 0.1) is 23.3 Å². The Bertz CT molecular complexity index is 514. The average Bonchev–Trinajstić information content (AvgIpc) is 2.48. The second-order valence-electron chi connectivity index (χ2n) is 5.72. The zero-order valence-electron chi connectivity index (χ0n) is 12.3. The molecule has 1 saturated heterocycles. The van der Waals surface area contributed by atoms with Crippen molar-refractivity contribution in [3.8, 4) is 0 Å². The lowest BCUT2D eigenvalue weighted by molar-refractivity contribution is -0.00923. The van der Waals surface area contributed by atoms with Gasteiger partial charge >= 0.3 is 0 Å². The van der Waals surface area contributed by atoms with Crippen LogP contribution in [0.1, 0.15) is 24.2 Å². The maximum atomic E-state index is 12.2. The van der Waals surface area contributed by atoms with Crippen LogP contribution in [0.4, 0.5) is 0 Å².